The first kappa shape index (κ1) is 26.3. The van der Waals surface area contributed by atoms with Gasteiger partial charge in [-0.3, -0.25) is 4.79 Å². The van der Waals surface area contributed by atoms with Gasteiger partial charge in [-0.1, -0.05) is 68.3 Å². The molecule has 192 valence electrons. The van der Waals surface area contributed by atoms with E-state index in [2.05, 4.69) is 32.8 Å². The van der Waals surface area contributed by atoms with E-state index in [0.717, 1.165) is 30.1 Å². The monoisotopic (exact) mass is 528 g/mol. The van der Waals surface area contributed by atoms with Gasteiger partial charge in [0.05, 0.1) is 6.54 Å². The van der Waals surface area contributed by atoms with Crippen LogP contribution in [0.15, 0.2) is 48.8 Å². The van der Waals surface area contributed by atoms with E-state index in [1.807, 2.05) is 29.1 Å². The second kappa shape index (κ2) is 13.0. The van der Waals surface area contributed by atoms with Crippen LogP contribution in [0.3, 0.4) is 0 Å². The zero-order valence-corrected chi connectivity index (χ0v) is 22.2. The quantitative estimate of drug-likeness (QED) is 0.312. The maximum atomic E-state index is 12.2. The van der Waals surface area contributed by atoms with Gasteiger partial charge in [-0.15, -0.1) is 0 Å². The van der Waals surface area contributed by atoms with E-state index >= 15 is 0 Å². The first-order chi connectivity index (χ1) is 17.5. The third-order valence-corrected chi connectivity index (χ3v) is 6.89. The predicted molar refractivity (Wildman–Crippen MR) is 147 cm³/mol. The summed E-state index contributed by atoms with van der Waals surface area (Å²) in [7, 11) is 0. The zero-order valence-electron chi connectivity index (χ0n) is 20.6. The molecule has 2 aromatic heterocycles. The molecular weight excluding hydrogens is 495 g/mol. The molecule has 9 heteroatoms. The van der Waals surface area contributed by atoms with Gasteiger partial charge < -0.3 is 20.5 Å². The van der Waals surface area contributed by atoms with Crippen LogP contribution in [0, 0.1) is 5.92 Å². The highest BCUT2D eigenvalue weighted by Crippen LogP contribution is 2.25. The number of nitrogens with zero attached hydrogens (tertiary/aromatic N) is 3. The topological polar surface area (TPSA) is 83.9 Å². The molecule has 0 atom stereocenters. The van der Waals surface area contributed by atoms with Crippen molar-refractivity contribution < 1.29 is 4.79 Å². The Morgan fingerprint density at radius 1 is 1.03 bits per heavy atom. The van der Waals surface area contributed by atoms with Crippen LogP contribution in [0.1, 0.15) is 57.4 Å². The lowest BCUT2D eigenvalue weighted by Crippen LogP contribution is -2.29. The van der Waals surface area contributed by atoms with Crippen LogP contribution in [-0.4, -0.2) is 33.0 Å². The van der Waals surface area contributed by atoms with Crippen LogP contribution in [0.2, 0.25) is 10.0 Å². The number of carbonyl (C=O) groups is 1. The van der Waals surface area contributed by atoms with Crippen LogP contribution in [0.5, 0.6) is 0 Å². The average Bonchev–Trinajstić information content (AvgIpc) is 3.50. The van der Waals surface area contributed by atoms with Crippen molar-refractivity contribution in [2.75, 3.05) is 17.2 Å². The summed E-state index contributed by atoms with van der Waals surface area (Å²) in [6, 6.07) is 11.3. The van der Waals surface area contributed by atoms with Crippen molar-refractivity contribution in [1.29, 1.82) is 0 Å². The van der Waals surface area contributed by atoms with E-state index in [1.165, 1.54) is 32.1 Å². The fourth-order valence-corrected chi connectivity index (χ4v) is 4.49. The predicted octanol–water partition coefficient (Wildman–Crippen LogP) is 6.46. The largest absolute Gasteiger partial charge is 0.361 e. The summed E-state index contributed by atoms with van der Waals surface area (Å²) in [6.07, 6.45) is 13.5. The molecule has 7 nitrogen and oxygen atoms in total. The highest BCUT2D eigenvalue weighted by atomic mass is 35.5. The second-order valence-electron chi connectivity index (χ2n) is 9.55. The molecule has 2 fully saturated rings. The van der Waals surface area contributed by atoms with Gasteiger partial charge in [-0.25, -0.2) is 0 Å². The highest BCUT2D eigenvalue weighted by molar-refractivity contribution is 6.35. The lowest BCUT2D eigenvalue weighted by Gasteiger charge is -2.15. The maximum absolute atomic E-state index is 12.2. The molecule has 3 N–H and O–H groups in total. The first-order valence-corrected chi connectivity index (χ1v) is 13.5. The minimum Gasteiger partial charge on any atom is -0.361 e. The summed E-state index contributed by atoms with van der Waals surface area (Å²) in [5.41, 5.74) is 0.803. The Kier molecular flexibility index (Phi) is 9.47. The number of anilines is 2. The fourth-order valence-electron chi connectivity index (χ4n) is 4.02. The van der Waals surface area contributed by atoms with Crippen molar-refractivity contribution in [1.82, 2.24) is 19.9 Å². The van der Waals surface area contributed by atoms with E-state index in [-0.39, 0.29) is 12.5 Å². The standard InChI is InChI=1S/C20H20Cl2N6O.C7H14/c21-14-4-3-13(16(22)9-14)11-24-19(29)12-23-17-10-18(28-7-1-2-8-28)27-20(26-17)25-15-5-6-15;1-7-5-3-2-4-6-7/h1-4,7-10,15H,5-6,11-12H2,(H,24,29)(H2,23,25,26,27);7H,2-6H2,1H3. The molecule has 0 unspecified atom stereocenters. The van der Waals surface area contributed by atoms with Crippen LogP contribution in [0.4, 0.5) is 11.8 Å². The molecule has 2 saturated carbocycles. The molecule has 2 aliphatic rings. The SMILES string of the molecule is CC1CCCCC1.O=C(CNc1cc(-n2cccc2)nc(NC2CC2)n1)NCc1ccc(Cl)cc1Cl. The summed E-state index contributed by atoms with van der Waals surface area (Å²) >= 11 is 12.0. The lowest BCUT2D eigenvalue weighted by molar-refractivity contribution is -0.119. The summed E-state index contributed by atoms with van der Waals surface area (Å²) in [5.74, 6) is 2.72. The molecule has 36 heavy (non-hydrogen) atoms. The van der Waals surface area contributed by atoms with E-state index in [1.54, 1.807) is 24.3 Å². The maximum Gasteiger partial charge on any atom is 0.239 e. The molecule has 5 rings (SSSR count). The van der Waals surface area contributed by atoms with Gasteiger partial charge in [0.25, 0.3) is 0 Å². The van der Waals surface area contributed by atoms with Crippen molar-refractivity contribution in [3.63, 3.8) is 0 Å². The summed E-state index contributed by atoms with van der Waals surface area (Å²) in [4.78, 5) is 21.3. The molecule has 0 aliphatic heterocycles. The number of aromatic nitrogens is 3. The molecule has 0 bridgehead atoms. The molecule has 0 spiro atoms. The van der Waals surface area contributed by atoms with Crippen LogP contribution in [0.25, 0.3) is 5.82 Å². The molecule has 1 aromatic carbocycles. The first-order valence-electron chi connectivity index (χ1n) is 12.7. The van der Waals surface area contributed by atoms with Crippen molar-refractivity contribution in [3.8, 4) is 5.82 Å². The van der Waals surface area contributed by atoms with Gasteiger partial charge in [0, 0.05) is 41.1 Å². The van der Waals surface area contributed by atoms with Crippen LogP contribution in [-0.2, 0) is 11.3 Å². The lowest BCUT2D eigenvalue weighted by atomic mass is 9.91. The molecule has 0 radical (unpaired) electrons. The highest BCUT2D eigenvalue weighted by Gasteiger charge is 2.22. The normalized spacial score (nSPS) is 15.5. The Morgan fingerprint density at radius 2 is 1.78 bits per heavy atom. The molecular formula is C27H34Cl2N6O. The number of carbonyl (C=O) groups excluding carboxylic acids is 1. The van der Waals surface area contributed by atoms with Gasteiger partial charge in [0.2, 0.25) is 11.9 Å². The number of amides is 1. The van der Waals surface area contributed by atoms with Crippen molar-refractivity contribution in [3.05, 3.63) is 64.4 Å². The second-order valence-corrected chi connectivity index (χ2v) is 10.4. The van der Waals surface area contributed by atoms with E-state index in [4.69, 9.17) is 23.2 Å². The third-order valence-electron chi connectivity index (χ3n) is 6.31. The smallest absolute Gasteiger partial charge is 0.239 e. The van der Waals surface area contributed by atoms with Crippen molar-refractivity contribution >= 4 is 40.9 Å². The zero-order chi connectivity index (χ0) is 25.3. The molecule has 3 aromatic rings. The van der Waals surface area contributed by atoms with Gasteiger partial charge in [0.1, 0.15) is 11.6 Å². The minimum absolute atomic E-state index is 0.0796. The Morgan fingerprint density at radius 3 is 2.42 bits per heavy atom. The third kappa shape index (κ3) is 8.42. The van der Waals surface area contributed by atoms with Gasteiger partial charge in [-0.05, 0) is 48.6 Å². The summed E-state index contributed by atoms with van der Waals surface area (Å²) in [6.45, 7) is 2.76. The Balaban J connectivity index is 0.000000375. The molecule has 0 saturated heterocycles. The van der Waals surface area contributed by atoms with Crippen LogP contribution >= 0.6 is 23.2 Å². The fraction of sp³-hybridized carbons (Fsp3) is 0.444. The number of benzene rings is 1. The Hall–Kier alpha value is -2.77. The van der Waals surface area contributed by atoms with Crippen molar-refractivity contribution in [2.45, 2.75) is 64.5 Å². The number of halogens is 2. The minimum atomic E-state index is -0.172. The van der Waals surface area contributed by atoms with E-state index in [0.29, 0.717) is 34.4 Å². The molecule has 1 amide bonds. The van der Waals surface area contributed by atoms with Crippen molar-refractivity contribution in [2.24, 2.45) is 5.92 Å². The Labute approximate surface area is 223 Å². The Bertz CT molecular complexity index is 1130. The molecule has 2 aliphatic carbocycles. The average molecular weight is 530 g/mol. The summed E-state index contributed by atoms with van der Waals surface area (Å²) < 4.78 is 1.90. The molecule has 2 heterocycles. The van der Waals surface area contributed by atoms with E-state index < -0.39 is 0 Å². The summed E-state index contributed by atoms with van der Waals surface area (Å²) in [5, 5.41) is 10.3. The van der Waals surface area contributed by atoms with Gasteiger partial charge in [0.15, 0.2) is 0 Å². The van der Waals surface area contributed by atoms with Gasteiger partial charge in [-0.2, -0.15) is 9.97 Å². The number of rotatable bonds is 8. The van der Waals surface area contributed by atoms with E-state index in [9.17, 15) is 4.79 Å². The van der Waals surface area contributed by atoms with Crippen LogP contribution < -0.4 is 16.0 Å². The number of hydrogen-bond acceptors (Lipinski definition) is 5. The number of hydrogen-bond donors (Lipinski definition) is 3. The number of nitrogens with one attached hydrogen (secondary N) is 3. The van der Waals surface area contributed by atoms with Gasteiger partial charge >= 0.3 is 0 Å².